The maximum absolute atomic E-state index is 6.76. The van der Waals surface area contributed by atoms with E-state index in [1.54, 1.807) is 12.4 Å². The minimum Gasteiger partial charge on any atom is -0.473 e. The summed E-state index contributed by atoms with van der Waals surface area (Å²) >= 11 is 3.67. The van der Waals surface area contributed by atoms with Crippen molar-refractivity contribution in [1.29, 1.82) is 0 Å². The second kappa shape index (κ2) is 14.9. The first kappa shape index (κ1) is 29.7. The number of thioether (sulfide) groups is 2. The number of piperazine rings is 2. The molecule has 4 heterocycles. The van der Waals surface area contributed by atoms with Crippen LogP contribution in [0.25, 0.3) is 0 Å². The number of nitrogens with one attached hydrogen (secondary N) is 2. The average molecular weight is 615 g/mol. The van der Waals surface area contributed by atoms with E-state index in [0.717, 1.165) is 86.8 Å². The van der Waals surface area contributed by atoms with E-state index in [9.17, 15) is 0 Å². The zero-order valence-corrected chi connectivity index (χ0v) is 25.9. The number of aromatic nitrogens is 4. The van der Waals surface area contributed by atoms with Gasteiger partial charge in [-0.05, 0) is 36.4 Å². The molecule has 2 aromatic heterocycles. The highest BCUT2D eigenvalue weighted by Crippen LogP contribution is 2.48. The van der Waals surface area contributed by atoms with Crippen LogP contribution in [0.15, 0.2) is 95.2 Å². The summed E-state index contributed by atoms with van der Waals surface area (Å²) in [5.41, 5.74) is 0.951. The fourth-order valence-electron chi connectivity index (χ4n) is 5.41. The third-order valence-corrected chi connectivity index (χ3v) is 10.0. The minimum absolute atomic E-state index is 0.372. The maximum Gasteiger partial charge on any atom is 0.257 e. The van der Waals surface area contributed by atoms with Gasteiger partial charge in [0, 0.05) is 86.9 Å². The molecule has 0 aliphatic carbocycles. The van der Waals surface area contributed by atoms with E-state index in [4.69, 9.17) is 19.7 Å². The molecule has 43 heavy (non-hydrogen) atoms. The first-order chi connectivity index (χ1) is 21.3. The van der Waals surface area contributed by atoms with Crippen molar-refractivity contribution in [3.8, 4) is 5.88 Å². The molecule has 0 bridgehead atoms. The Balaban J connectivity index is 1.38. The summed E-state index contributed by atoms with van der Waals surface area (Å²) in [5.74, 6) is 3.17. The van der Waals surface area contributed by atoms with Gasteiger partial charge in [-0.15, -0.1) is 23.5 Å². The Morgan fingerprint density at radius 3 is 1.91 bits per heavy atom. The Bertz CT molecular complexity index is 1420. The Hall–Kier alpha value is -3.38. The number of anilines is 2. The third-order valence-electron chi connectivity index (χ3n) is 7.61. The lowest BCUT2D eigenvalue weighted by Crippen LogP contribution is -2.45. The molecule has 0 spiro atoms. The number of benzene rings is 2. The fraction of sp³-hybridized carbons (Fsp3) is 0.375. The van der Waals surface area contributed by atoms with Gasteiger partial charge in [0.15, 0.2) is 11.6 Å². The van der Waals surface area contributed by atoms with Crippen LogP contribution in [0.4, 0.5) is 11.6 Å². The van der Waals surface area contributed by atoms with Gasteiger partial charge in [-0.1, -0.05) is 36.4 Å². The van der Waals surface area contributed by atoms with Crippen LogP contribution in [0.3, 0.4) is 0 Å². The summed E-state index contributed by atoms with van der Waals surface area (Å²) < 4.78 is 6.22. The van der Waals surface area contributed by atoms with Crippen molar-refractivity contribution in [2.24, 2.45) is 0 Å². The lowest BCUT2D eigenvalue weighted by Gasteiger charge is -2.37. The molecule has 11 heteroatoms. The molecule has 2 N–H and O–H groups in total. The molecule has 1 unspecified atom stereocenters. The molecule has 2 fully saturated rings. The Kier molecular flexibility index (Phi) is 10.3. The minimum atomic E-state index is -0.546. The van der Waals surface area contributed by atoms with Gasteiger partial charge in [0.05, 0.1) is 0 Å². The van der Waals surface area contributed by atoms with Crippen molar-refractivity contribution in [2.45, 2.75) is 21.0 Å². The van der Waals surface area contributed by atoms with E-state index in [1.807, 2.05) is 35.9 Å². The molecule has 4 aromatic rings. The zero-order valence-electron chi connectivity index (χ0n) is 24.3. The van der Waals surface area contributed by atoms with E-state index in [0.29, 0.717) is 12.5 Å². The molecule has 6 rings (SSSR count). The molecule has 0 saturated carbocycles. The fourth-order valence-corrected chi connectivity index (χ4v) is 7.88. The van der Waals surface area contributed by atoms with Gasteiger partial charge in [-0.2, -0.15) is 0 Å². The molecular weight excluding hydrogens is 577 g/mol. The molecule has 2 saturated heterocycles. The molecule has 2 aliphatic rings. The van der Waals surface area contributed by atoms with Gasteiger partial charge in [0.2, 0.25) is 0 Å². The Morgan fingerprint density at radius 2 is 1.23 bits per heavy atom. The summed E-state index contributed by atoms with van der Waals surface area (Å²) in [4.78, 5) is 26.4. The summed E-state index contributed by atoms with van der Waals surface area (Å²) in [6, 6.07) is 21.1. The molecule has 2 aliphatic heterocycles. The summed E-state index contributed by atoms with van der Waals surface area (Å²) in [7, 11) is 0. The van der Waals surface area contributed by atoms with Gasteiger partial charge in [0.25, 0.3) is 5.88 Å². The first-order valence-corrected chi connectivity index (χ1v) is 16.7. The number of rotatable bonds is 12. The topological polar surface area (TPSA) is 91.3 Å². The van der Waals surface area contributed by atoms with Crippen LogP contribution in [0, 0.1) is 0 Å². The second-order valence-corrected chi connectivity index (χ2v) is 13.1. The molecular formula is C32H38N8OS2. The summed E-state index contributed by atoms with van der Waals surface area (Å²) in [6.07, 6.45) is 7.90. The molecule has 224 valence electrons. The monoisotopic (exact) mass is 614 g/mol. The number of nitrogens with zero attached hydrogens (tertiary/aromatic N) is 6. The smallest absolute Gasteiger partial charge is 0.257 e. The van der Waals surface area contributed by atoms with Gasteiger partial charge in [-0.25, -0.2) is 15.0 Å². The van der Waals surface area contributed by atoms with Crippen LogP contribution in [-0.4, -0.2) is 84.7 Å². The number of hydrogen-bond donors (Lipinski definition) is 2. The lowest BCUT2D eigenvalue weighted by molar-refractivity contribution is 0.255. The van der Waals surface area contributed by atoms with Crippen LogP contribution in [0.2, 0.25) is 0 Å². The maximum atomic E-state index is 6.76. The van der Waals surface area contributed by atoms with Crippen molar-refractivity contribution in [3.05, 3.63) is 91.1 Å². The first-order valence-electron chi connectivity index (χ1n) is 14.9. The van der Waals surface area contributed by atoms with Crippen molar-refractivity contribution in [2.75, 3.05) is 74.5 Å². The quantitative estimate of drug-likeness (QED) is 0.224. The van der Waals surface area contributed by atoms with Crippen LogP contribution in [-0.2, 0) is 4.75 Å². The van der Waals surface area contributed by atoms with Crippen molar-refractivity contribution >= 4 is 35.2 Å². The molecule has 2 aromatic carbocycles. The van der Waals surface area contributed by atoms with Gasteiger partial charge in [0.1, 0.15) is 17.0 Å². The highest BCUT2D eigenvalue weighted by Gasteiger charge is 2.40. The van der Waals surface area contributed by atoms with E-state index in [1.165, 1.54) is 4.90 Å². The van der Waals surface area contributed by atoms with Crippen LogP contribution in [0.5, 0.6) is 5.88 Å². The molecule has 1 atom stereocenters. The number of hydrogen-bond acceptors (Lipinski definition) is 11. The van der Waals surface area contributed by atoms with Crippen LogP contribution in [0.1, 0.15) is 12.1 Å². The van der Waals surface area contributed by atoms with E-state index in [-0.39, 0.29) is 0 Å². The number of ether oxygens (including phenoxy) is 1. The van der Waals surface area contributed by atoms with Gasteiger partial charge < -0.3 is 25.2 Å². The van der Waals surface area contributed by atoms with Gasteiger partial charge in [-0.3, -0.25) is 4.98 Å². The molecule has 0 radical (unpaired) electrons. The second-order valence-electron chi connectivity index (χ2n) is 10.5. The van der Waals surface area contributed by atoms with Crippen LogP contribution >= 0.6 is 23.5 Å². The third kappa shape index (κ3) is 7.59. The summed E-state index contributed by atoms with van der Waals surface area (Å²) in [5, 5.41) is 6.89. The van der Waals surface area contributed by atoms with Crippen LogP contribution < -0.4 is 25.2 Å². The van der Waals surface area contributed by atoms with Crippen molar-refractivity contribution < 1.29 is 4.74 Å². The SMILES string of the molecule is c1ccc(SCCC(COc2nccnc2N2CCNCC2)(Sc2ccccc2)c2nccnc2N2CCNCC2)cc1. The van der Waals surface area contributed by atoms with Gasteiger partial charge >= 0.3 is 0 Å². The standard InChI is InChI=1S/C32H38N8OS2/c1-3-7-26(8-4-1)42-24-11-32(43-27-9-5-2-6-10-27,28-29(36-13-12-35-28)39-20-16-33-17-21-39)25-41-31-30(37-14-15-38-31)40-22-18-34-19-23-40/h1-10,12-15,33-34H,11,16-25H2. The van der Waals surface area contributed by atoms with Crippen molar-refractivity contribution in [3.63, 3.8) is 0 Å². The average Bonchev–Trinajstić information content (AvgIpc) is 3.09. The highest BCUT2D eigenvalue weighted by molar-refractivity contribution is 8.00. The lowest BCUT2D eigenvalue weighted by atomic mass is 10.0. The normalized spacial score (nSPS) is 16.9. The van der Waals surface area contributed by atoms with Crippen molar-refractivity contribution in [1.82, 2.24) is 30.6 Å². The highest BCUT2D eigenvalue weighted by atomic mass is 32.2. The predicted octanol–water partition coefficient (Wildman–Crippen LogP) is 4.33. The predicted molar refractivity (Wildman–Crippen MR) is 175 cm³/mol. The van der Waals surface area contributed by atoms with E-state index < -0.39 is 4.75 Å². The summed E-state index contributed by atoms with van der Waals surface area (Å²) in [6.45, 7) is 7.53. The zero-order chi connectivity index (χ0) is 29.2. The van der Waals surface area contributed by atoms with E-state index >= 15 is 0 Å². The Morgan fingerprint density at radius 1 is 0.674 bits per heavy atom. The molecule has 9 nitrogen and oxygen atoms in total. The molecule has 0 amide bonds. The van der Waals surface area contributed by atoms with E-state index in [2.05, 4.69) is 86.1 Å². The largest absolute Gasteiger partial charge is 0.473 e. The Labute approximate surface area is 262 Å².